The molecule has 2 aromatic rings. The van der Waals surface area contributed by atoms with Gasteiger partial charge in [0.1, 0.15) is 5.75 Å². The van der Waals surface area contributed by atoms with E-state index in [9.17, 15) is 4.79 Å². The zero-order chi connectivity index (χ0) is 15.1. The molecule has 0 saturated heterocycles. The Morgan fingerprint density at radius 1 is 1.33 bits per heavy atom. The summed E-state index contributed by atoms with van der Waals surface area (Å²) in [6.07, 6.45) is 1.57. The monoisotopic (exact) mass is 303 g/mol. The molecule has 1 aromatic heterocycles. The SMILES string of the molecule is CCOc1ccccc1NC(=O)CSc1ccc(N)cn1. The van der Waals surface area contributed by atoms with Crippen LogP contribution in [0.2, 0.25) is 0 Å². The number of nitrogens with one attached hydrogen (secondary N) is 1. The Balaban J connectivity index is 1.91. The fourth-order valence-electron chi connectivity index (χ4n) is 1.65. The Kier molecular flexibility index (Phi) is 5.45. The first-order valence-corrected chi connectivity index (χ1v) is 7.53. The summed E-state index contributed by atoms with van der Waals surface area (Å²) in [6.45, 7) is 2.46. The van der Waals surface area contributed by atoms with Gasteiger partial charge in [-0.25, -0.2) is 4.98 Å². The van der Waals surface area contributed by atoms with E-state index in [1.807, 2.05) is 31.2 Å². The first-order valence-electron chi connectivity index (χ1n) is 6.55. The molecule has 1 aromatic carbocycles. The normalized spacial score (nSPS) is 10.1. The van der Waals surface area contributed by atoms with E-state index >= 15 is 0 Å². The molecule has 0 aliphatic carbocycles. The number of nitrogen functional groups attached to an aromatic ring is 1. The third-order valence-electron chi connectivity index (χ3n) is 2.57. The number of nitrogens with zero attached hydrogens (tertiary/aromatic N) is 1. The van der Waals surface area contributed by atoms with E-state index in [2.05, 4.69) is 10.3 Å². The summed E-state index contributed by atoms with van der Waals surface area (Å²) in [7, 11) is 0. The van der Waals surface area contributed by atoms with Gasteiger partial charge in [0.05, 0.1) is 35.0 Å². The van der Waals surface area contributed by atoms with Gasteiger partial charge in [-0.3, -0.25) is 4.79 Å². The molecule has 3 N–H and O–H groups in total. The van der Waals surface area contributed by atoms with Crippen molar-refractivity contribution in [3.8, 4) is 5.75 Å². The molecule has 0 unspecified atom stereocenters. The summed E-state index contributed by atoms with van der Waals surface area (Å²) >= 11 is 1.36. The maximum Gasteiger partial charge on any atom is 0.234 e. The molecule has 0 radical (unpaired) electrons. The first kappa shape index (κ1) is 15.2. The van der Waals surface area contributed by atoms with Crippen LogP contribution in [0.25, 0.3) is 0 Å². The highest BCUT2D eigenvalue weighted by molar-refractivity contribution is 7.99. The highest BCUT2D eigenvalue weighted by atomic mass is 32.2. The maximum absolute atomic E-state index is 12.0. The number of aromatic nitrogens is 1. The third-order valence-corrected chi connectivity index (χ3v) is 3.52. The molecule has 0 saturated carbocycles. The Morgan fingerprint density at radius 3 is 2.86 bits per heavy atom. The van der Waals surface area contributed by atoms with Gasteiger partial charge in [-0.2, -0.15) is 0 Å². The van der Waals surface area contributed by atoms with Crippen molar-refractivity contribution in [3.05, 3.63) is 42.6 Å². The number of carbonyl (C=O) groups excluding carboxylic acids is 1. The predicted molar refractivity (Wildman–Crippen MR) is 85.6 cm³/mol. The van der Waals surface area contributed by atoms with Crippen molar-refractivity contribution in [1.82, 2.24) is 4.98 Å². The number of rotatable bonds is 6. The van der Waals surface area contributed by atoms with Crippen molar-refractivity contribution in [2.24, 2.45) is 0 Å². The summed E-state index contributed by atoms with van der Waals surface area (Å²) < 4.78 is 5.47. The van der Waals surface area contributed by atoms with Gasteiger partial charge in [-0.1, -0.05) is 23.9 Å². The van der Waals surface area contributed by atoms with Crippen molar-refractivity contribution in [2.45, 2.75) is 11.9 Å². The average molecular weight is 303 g/mol. The zero-order valence-electron chi connectivity index (χ0n) is 11.7. The molecule has 1 heterocycles. The molecule has 1 amide bonds. The number of nitrogens with two attached hydrogens (primary N) is 1. The first-order chi connectivity index (χ1) is 10.2. The predicted octanol–water partition coefficient (Wildman–Crippen LogP) is 2.79. The van der Waals surface area contributed by atoms with E-state index in [1.165, 1.54) is 11.8 Å². The number of carbonyl (C=O) groups is 1. The van der Waals surface area contributed by atoms with Gasteiger partial charge in [0.25, 0.3) is 0 Å². The molecule has 21 heavy (non-hydrogen) atoms. The van der Waals surface area contributed by atoms with Crippen molar-refractivity contribution >= 4 is 29.0 Å². The number of hydrogen-bond acceptors (Lipinski definition) is 5. The summed E-state index contributed by atoms with van der Waals surface area (Å²) in [5.74, 6) is 0.840. The van der Waals surface area contributed by atoms with Crippen LogP contribution in [0.1, 0.15) is 6.92 Å². The highest BCUT2D eigenvalue weighted by Gasteiger charge is 2.08. The number of thioether (sulfide) groups is 1. The lowest BCUT2D eigenvalue weighted by Crippen LogP contribution is -2.15. The fourth-order valence-corrected chi connectivity index (χ4v) is 2.30. The average Bonchev–Trinajstić information content (AvgIpc) is 2.49. The zero-order valence-corrected chi connectivity index (χ0v) is 12.5. The molecular weight excluding hydrogens is 286 g/mol. The fraction of sp³-hybridized carbons (Fsp3) is 0.200. The molecule has 0 aliphatic heterocycles. The van der Waals surface area contributed by atoms with Gasteiger partial charge in [-0.05, 0) is 31.2 Å². The molecular formula is C15H17N3O2S. The molecule has 6 heteroatoms. The van der Waals surface area contributed by atoms with Crippen LogP contribution in [0.3, 0.4) is 0 Å². The molecule has 2 rings (SSSR count). The van der Waals surface area contributed by atoms with Crippen LogP contribution in [0.4, 0.5) is 11.4 Å². The Bertz CT molecular complexity index is 602. The highest BCUT2D eigenvalue weighted by Crippen LogP contribution is 2.24. The van der Waals surface area contributed by atoms with Crippen molar-refractivity contribution in [3.63, 3.8) is 0 Å². The van der Waals surface area contributed by atoms with Crippen LogP contribution in [0.5, 0.6) is 5.75 Å². The molecule has 5 nitrogen and oxygen atoms in total. The number of amides is 1. The topological polar surface area (TPSA) is 77.2 Å². The smallest absolute Gasteiger partial charge is 0.234 e. The van der Waals surface area contributed by atoms with Crippen molar-refractivity contribution in [2.75, 3.05) is 23.4 Å². The molecule has 0 bridgehead atoms. The van der Waals surface area contributed by atoms with Crippen LogP contribution in [-0.4, -0.2) is 23.3 Å². The van der Waals surface area contributed by atoms with Crippen molar-refractivity contribution < 1.29 is 9.53 Å². The van der Waals surface area contributed by atoms with Gasteiger partial charge >= 0.3 is 0 Å². The van der Waals surface area contributed by atoms with Crippen LogP contribution in [0, 0.1) is 0 Å². The van der Waals surface area contributed by atoms with Crippen LogP contribution in [-0.2, 0) is 4.79 Å². The van der Waals surface area contributed by atoms with Gasteiger partial charge in [0, 0.05) is 0 Å². The minimum atomic E-state index is -0.106. The van der Waals surface area contributed by atoms with E-state index in [4.69, 9.17) is 10.5 Å². The van der Waals surface area contributed by atoms with Gasteiger partial charge < -0.3 is 15.8 Å². The third kappa shape index (κ3) is 4.68. The Hall–Kier alpha value is -2.21. The summed E-state index contributed by atoms with van der Waals surface area (Å²) in [5.41, 5.74) is 6.85. The second-order valence-electron chi connectivity index (χ2n) is 4.20. The number of ether oxygens (including phenoxy) is 1. The molecule has 110 valence electrons. The lowest BCUT2D eigenvalue weighted by molar-refractivity contribution is -0.113. The Labute approximate surface area is 127 Å². The standard InChI is InChI=1S/C15H17N3O2S/c1-2-20-13-6-4-3-5-12(13)18-14(19)10-21-15-8-7-11(16)9-17-15/h3-9H,2,10,16H2,1H3,(H,18,19). The summed E-state index contributed by atoms with van der Waals surface area (Å²) in [5, 5.41) is 3.60. The van der Waals surface area contributed by atoms with E-state index in [0.29, 0.717) is 23.7 Å². The second-order valence-corrected chi connectivity index (χ2v) is 5.19. The Morgan fingerprint density at radius 2 is 2.14 bits per heavy atom. The van der Waals surface area contributed by atoms with Crippen LogP contribution in [0.15, 0.2) is 47.6 Å². The van der Waals surface area contributed by atoms with Crippen LogP contribution >= 0.6 is 11.8 Å². The number of para-hydroxylation sites is 2. The molecule has 0 fully saturated rings. The molecule has 0 aliphatic rings. The maximum atomic E-state index is 12.0. The number of pyridine rings is 1. The van der Waals surface area contributed by atoms with Gasteiger partial charge in [0.2, 0.25) is 5.91 Å². The summed E-state index contributed by atoms with van der Waals surface area (Å²) in [4.78, 5) is 16.1. The number of anilines is 2. The van der Waals surface area contributed by atoms with E-state index in [-0.39, 0.29) is 11.7 Å². The van der Waals surface area contributed by atoms with Crippen LogP contribution < -0.4 is 15.8 Å². The lowest BCUT2D eigenvalue weighted by Gasteiger charge is -2.10. The van der Waals surface area contributed by atoms with E-state index in [1.54, 1.807) is 18.3 Å². The van der Waals surface area contributed by atoms with Crippen molar-refractivity contribution in [1.29, 1.82) is 0 Å². The lowest BCUT2D eigenvalue weighted by atomic mass is 10.3. The summed E-state index contributed by atoms with van der Waals surface area (Å²) in [6, 6.07) is 10.9. The second kappa shape index (κ2) is 7.54. The molecule has 0 atom stereocenters. The largest absolute Gasteiger partial charge is 0.492 e. The minimum Gasteiger partial charge on any atom is -0.492 e. The minimum absolute atomic E-state index is 0.106. The number of hydrogen-bond donors (Lipinski definition) is 2. The van der Waals surface area contributed by atoms with E-state index < -0.39 is 0 Å². The quantitative estimate of drug-likeness (QED) is 0.802. The molecule has 0 spiro atoms. The number of benzene rings is 1. The van der Waals surface area contributed by atoms with Gasteiger partial charge in [0.15, 0.2) is 0 Å². The van der Waals surface area contributed by atoms with E-state index in [0.717, 1.165) is 5.03 Å². The van der Waals surface area contributed by atoms with Gasteiger partial charge in [-0.15, -0.1) is 0 Å².